The Kier molecular flexibility index (Phi) is 4.98. The zero-order valence-corrected chi connectivity index (χ0v) is 16.2. The molecule has 1 saturated heterocycles. The number of hydrogen-bond acceptors (Lipinski definition) is 4. The monoisotopic (exact) mass is 357 g/mol. The molecular weight excluding hydrogens is 330 g/mol. The third-order valence-electron chi connectivity index (χ3n) is 5.28. The molecule has 3 rings (SSSR count). The van der Waals surface area contributed by atoms with Crippen LogP contribution in [-0.2, 0) is 11.8 Å². The van der Waals surface area contributed by atoms with Crippen LogP contribution >= 0.6 is 0 Å². The van der Waals surface area contributed by atoms with Crippen molar-refractivity contribution in [1.82, 2.24) is 24.5 Å². The molecule has 7 heteroatoms. The summed E-state index contributed by atoms with van der Waals surface area (Å²) >= 11 is 0. The molecular formula is C19H27N5O2. The first-order valence-electron chi connectivity index (χ1n) is 9.18. The number of carbonyl (C=O) groups excluding carboxylic acids is 1. The van der Waals surface area contributed by atoms with Crippen molar-refractivity contribution < 1.29 is 4.79 Å². The van der Waals surface area contributed by atoms with E-state index in [1.54, 1.807) is 17.7 Å². The van der Waals surface area contributed by atoms with Gasteiger partial charge >= 0.3 is 0 Å². The van der Waals surface area contributed by atoms with Crippen molar-refractivity contribution in [2.45, 2.75) is 46.6 Å². The number of amides is 1. The van der Waals surface area contributed by atoms with Gasteiger partial charge in [-0.1, -0.05) is 6.92 Å². The highest BCUT2D eigenvalue weighted by molar-refractivity contribution is 5.80. The predicted octanol–water partition coefficient (Wildman–Crippen LogP) is 2.08. The number of piperidine rings is 1. The van der Waals surface area contributed by atoms with E-state index in [-0.39, 0.29) is 11.5 Å². The van der Waals surface area contributed by atoms with Crippen LogP contribution in [0.3, 0.4) is 0 Å². The number of aryl methyl sites for hydroxylation is 2. The van der Waals surface area contributed by atoms with Gasteiger partial charge in [-0.15, -0.1) is 0 Å². The molecule has 2 atom stereocenters. The minimum Gasteiger partial charge on any atom is -0.341 e. The minimum atomic E-state index is -0.620. The van der Waals surface area contributed by atoms with E-state index < -0.39 is 6.04 Å². The lowest BCUT2D eigenvalue weighted by Gasteiger charge is -2.32. The lowest BCUT2D eigenvalue weighted by molar-refractivity contribution is -0.136. The van der Waals surface area contributed by atoms with Gasteiger partial charge in [-0.3, -0.25) is 14.3 Å². The fourth-order valence-electron chi connectivity index (χ4n) is 3.74. The highest BCUT2D eigenvalue weighted by Gasteiger charge is 2.27. The van der Waals surface area contributed by atoms with Gasteiger partial charge in [0, 0.05) is 37.5 Å². The molecule has 0 saturated carbocycles. The van der Waals surface area contributed by atoms with Crippen LogP contribution in [0.2, 0.25) is 0 Å². The first-order valence-corrected chi connectivity index (χ1v) is 9.18. The zero-order valence-electron chi connectivity index (χ0n) is 16.2. The molecule has 0 aliphatic carbocycles. The number of aromatic nitrogens is 4. The topological polar surface area (TPSA) is 73.0 Å². The van der Waals surface area contributed by atoms with E-state index in [0.29, 0.717) is 11.6 Å². The Morgan fingerprint density at radius 2 is 2.00 bits per heavy atom. The van der Waals surface area contributed by atoms with Gasteiger partial charge in [-0.25, -0.2) is 4.68 Å². The van der Waals surface area contributed by atoms with Gasteiger partial charge in [-0.2, -0.15) is 10.2 Å². The molecule has 0 bridgehead atoms. The Labute approximate surface area is 153 Å². The van der Waals surface area contributed by atoms with Crippen LogP contribution in [0, 0.1) is 19.8 Å². The van der Waals surface area contributed by atoms with Crippen molar-refractivity contribution in [3.05, 3.63) is 33.9 Å². The quantitative estimate of drug-likeness (QED) is 0.843. The SMILES string of the molecule is Cc1nn(C)c(C)c1-c1ccc(=O)n([C@H](C)C(=O)N2CCC[C@@H](C)C2)n1. The van der Waals surface area contributed by atoms with Crippen molar-refractivity contribution in [2.75, 3.05) is 13.1 Å². The molecule has 1 amide bonds. The standard InChI is InChI=1S/C19H27N5O2/c1-12-7-6-10-23(11-12)19(26)15(4)24-17(25)9-8-16(21-24)18-13(2)20-22(5)14(18)3/h8-9,12,15H,6-7,10-11H2,1-5H3/t12-,15-/m1/s1. The van der Waals surface area contributed by atoms with Crippen LogP contribution < -0.4 is 5.56 Å². The van der Waals surface area contributed by atoms with E-state index in [1.807, 2.05) is 25.8 Å². The third kappa shape index (κ3) is 3.30. The molecule has 1 aliphatic rings. The molecule has 2 aromatic rings. The molecule has 1 aliphatic heterocycles. The van der Waals surface area contributed by atoms with Gasteiger partial charge in [0.05, 0.1) is 11.4 Å². The second-order valence-electron chi connectivity index (χ2n) is 7.38. The van der Waals surface area contributed by atoms with Gasteiger partial charge in [0.15, 0.2) is 0 Å². The van der Waals surface area contributed by atoms with Gasteiger partial charge in [0.2, 0.25) is 5.91 Å². The maximum Gasteiger partial charge on any atom is 0.267 e. The number of rotatable bonds is 3. The normalized spacial score (nSPS) is 18.8. The summed E-state index contributed by atoms with van der Waals surface area (Å²) in [4.78, 5) is 27.1. The Morgan fingerprint density at radius 3 is 2.62 bits per heavy atom. The molecule has 7 nitrogen and oxygen atoms in total. The smallest absolute Gasteiger partial charge is 0.267 e. The molecule has 0 aromatic carbocycles. The van der Waals surface area contributed by atoms with Crippen LogP contribution in [0.25, 0.3) is 11.3 Å². The maximum absolute atomic E-state index is 12.9. The van der Waals surface area contributed by atoms with Crippen molar-refractivity contribution in [3.63, 3.8) is 0 Å². The van der Waals surface area contributed by atoms with Gasteiger partial charge in [-0.05, 0) is 45.6 Å². The molecule has 0 spiro atoms. The van der Waals surface area contributed by atoms with E-state index in [4.69, 9.17) is 0 Å². The molecule has 3 heterocycles. The Balaban J connectivity index is 1.95. The summed E-state index contributed by atoms with van der Waals surface area (Å²) in [5, 5.41) is 8.93. The van der Waals surface area contributed by atoms with Crippen LogP contribution in [0.5, 0.6) is 0 Å². The number of carbonyl (C=O) groups is 1. The average molecular weight is 357 g/mol. The molecule has 2 aromatic heterocycles. The van der Waals surface area contributed by atoms with Crippen LogP contribution in [-0.4, -0.2) is 43.5 Å². The summed E-state index contributed by atoms with van der Waals surface area (Å²) in [7, 11) is 1.88. The number of likely N-dealkylation sites (tertiary alicyclic amines) is 1. The lowest BCUT2D eigenvalue weighted by atomic mass is 10.00. The van der Waals surface area contributed by atoms with E-state index in [2.05, 4.69) is 17.1 Å². The largest absolute Gasteiger partial charge is 0.341 e. The Morgan fingerprint density at radius 1 is 1.27 bits per heavy atom. The Bertz CT molecular complexity index is 883. The van der Waals surface area contributed by atoms with Crippen molar-refractivity contribution in [3.8, 4) is 11.3 Å². The summed E-state index contributed by atoms with van der Waals surface area (Å²) in [6, 6.07) is 2.57. The molecule has 0 N–H and O–H groups in total. The number of hydrogen-bond donors (Lipinski definition) is 0. The van der Waals surface area contributed by atoms with E-state index in [1.165, 1.54) is 10.7 Å². The molecule has 0 unspecified atom stereocenters. The van der Waals surface area contributed by atoms with E-state index in [9.17, 15) is 9.59 Å². The second-order valence-corrected chi connectivity index (χ2v) is 7.38. The fraction of sp³-hybridized carbons (Fsp3) is 0.579. The Hall–Kier alpha value is -2.44. The highest BCUT2D eigenvalue weighted by atomic mass is 16.2. The highest BCUT2D eigenvalue weighted by Crippen LogP contribution is 2.24. The zero-order chi connectivity index (χ0) is 19.0. The predicted molar refractivity (Wildman–Crippen MR) is 99.9 cm³/mol. The van der Waals surface area contributed by atoms with Crippen LogP contribution in [0.1, 0.15) is 44.1 Å². The van der Waals surface area contributed by atoms with Crippen molar-refractivity contribution in [1.29, 1.82) is 0 Å². The van der Waals surface area contributed by atoms with Gasteiger partial charge < -0.3 is 4.90 Å². The van der Waals surface area contributed by atoms with Crippen LogP contribution in [0.15, 0.2) is 16.9 Å². The van der Waals surface area contributed by atoms with Gasteiger partial charge in [0.1, 0.15) is 6.04 Å². The van der Waals surface area contributed by atoms with Crippen molar-refractivity contribution in [2.24, 2.45) is 13.0 Å². The summed E-state index contributed by atoms with van der Waals surface area (Å²) in [6.45, 7) is 9.30. The molecule has 26 heavy (non-hydrogen) atoms. The third-order valence-corrected chi connectivity index (χ3v) is 5.28. The fourth-order valence-corrected chi connectivity index (χ4v) is 3.74. The first kappa shape index (κ1) is 18.4. The summed E-state index contributed by atoms with van der Waals surface area (Å²) < 4.78 is 3.11. The summed E-state index contributed by atoms with van der Waals surface area (Å²) in [6.07, 6.45) is 2.15. The average Bonchev–Trinajstić information content (AvgIpc) is 2.86. The lowest BCUT2D eigenvalue weighted by Crippen LogP contribution is -2.44. The van der Waals surface area contributed by atoms with Crippen molar-refractivity contribution >= 4 is 5.91 Å². The second kappa shape index (κ2) is 7.05. The summed E-state index contributed by atoms with van der Waals surface area (Å²) in [5.74, 6) is 0.458. The number of nitrogens with zero attached hydrogens (tertiary/aromatic N) is 5. The first-order chi connectivity index (χ1) is 12.3. The molecule has 1 fully saturated rings. The van der Waals surface area contributed by atoms with Gasteiger partial charge in [0.25, 0.3) is 5.56 Å². The van der Waals surface area contributed by atoms with E-state index >= 15 is 0 Å². The molecule has 0 radical (unpaired) electrons. The minimum absolute atomic E-state index is 0.0390. The van der Waals surface area contributed by atoms with E-state index in [0.717, 1.165) is 42.9 Å². The molecule has 140 valence electrons. The summed E-state index contributed by atoms with van der Waals surface area (Å²) in [5.41, 5.74) is 3.14. The maximum atomic E-state index is 12.9. The van der Waals surface area contributed by atoms with Crippen LogP contribution in [0.4, 0.5) is 0 Å².